The molecule has 0 unspecified atom stereocenters. The molecule has 3 heteroatoms. The van der Waals surface area contributed by atoms with Crippen molar-refractivity contribution in [3.8, 4) is 0 Å². The monoisotopic (exact) mass is 296 g/mol. The number of rotatable bonds is 2. The van der Waals surface area contributed by atoms with Gasteiger partial charge in [0, 0.05) is 21.9 Å². The average molecular weight is 297 g/mol. The van der Waals surface area contributed by atoms with E-state index in [2.05, 4.69) is 55.0 Å². The van der Waals surface area contributed by atoms with Gasteiger partial charge < -0.3 is 11.1 Å². The number of hydrogen-bond acceptors (Lipinski definition) is 2. The van der Waals surface area contributed by atoms with Gasteiger partial charge in [0.2, 0.25) is 0 Å². The predicted octanol–water partition coefficient (Wildman–Crippen LogP) is 4.19. The largest absolute Gasteiger partial charge is 0.398 e. The van der Waals surface area contributed by atoms with Crippen LogP contribution in [0.15, 0.2) is 16.6 Å². The Bertz CT molecular complexity index is 450. The molecule has 1 fully saturated rings. The second kappa shape index (κ2) is 3.64. The molecule has 1 saturated carbocycles. The second-order valence-electron chi connectivity index (χ2n) is 6.21. The van der Waals surface area contributed by atoms with Crippen LogP contribution in [0.2, 0.25) is 0 Å². The first-order valence-corrected chi connectivity index (χ1v) is 6.79. The van der Waals surface area contributed by atoms with Gasteiger partial charge in [-0.1, -0.05) is 27.7 Å². The van der Waals surface area contributed by atoms with Gasteiger partial charge in [0.1, 0.15) is 0 Å². The van der Waals surface area contributed by atoms with Crippen molar-refractivity contribution in [1.82, 2.24) is 0 Å². The molecule has 2 nitrogen and oxygen atoms in total. The van der Waals surface area contributed by atoms with Crippen LogP contribution in [0.4, 0.5) is 11.4 Å². The zero-order valence-corrected chi connectivity index (χ0v) is 12.8. The highest BCUT2D eigenvalue weighted by atomic mass is 79.9. The van der Waals surface area contributed by atoms with E-state index >= 15 is 0 Å². The molecule has 0 aliphatic heterocycles. The van der Waals surface area contributed by atoms with Crippen molar-refractivity contribution < 1.29 is 0 Å². The van der Waals surface area contributed by atoms with Crippen LogP contribution in [0, 0.1) is 17.8 Å². The molecular formula is C14H21BrN2. The van der Waals surface area contributed by atoms with Gasteiger partial charge in [0.15, 0.2) is 0 Å². The SMILES string of the molecule is Cc1cc(NC2C(C)(C)C2(C)C)c(Br)cc1N. The zero-order chi connectivity index (χ0) is 13.0. The summed E-state index contributed by atoms with van der Waals surface area (Å²) in [7, 11) is 0. The highest BCUT2D eigenvalue weighted by molar-refractivity contribution is 9.10. The van der Waals surface area contributed by atoms with Gasteiger partial charge in [-0.15, -0.1) is 0 Å². The van der Waals surface area contributed by atoms with E-state index in [1.165, 1.54) is 0 Å². The minimum absolute atomic E-state index is 0.335. The molecule has 0 atom stereocenters. The molecule has 0 aromatic heterocycles. The summed E-state index contributed by atoms with van der Waals surface area (Å²) in [4.78, 5) is 0. The summed E-state index contributed by atoms with van der Waals surface area (Å²) in [5, 5.41) is 3.63. The van der Waals surface area contributed by atoms with Gasteiger partial charge in [0.25, 0.3) is 0 Å². The molecule has 0 heterocycles. The van der Waals surface area contributed by atoms with Crippen molar-refractivity contribution >= 4 is 27.3 Å². The average Bonchev–Trinajstić information content (AvgIpc) is 2.57. The van der Waals surface area contributed by atoms with Crippen LogP contribution in [-0.4, -0.2) is 6.04 Å². The first kappa shape index (κ1) is 12.7. The summed E-state index contributed by atoms with van der Waals surface area (Å²) in [5.41, 5.74) is 9.64. The molecule has 0 saturated heterocycles. The fourth-order valence-electron chi connectivity index (χ4n) is 2.52. The van der Waals surface area contributed by atoms with Crippen LogP contribution in [0.3, 0.4) is 0 Å². The van der Waals surface area contributed by atoms with Gasteiger partial charge in [-0.2, -0.15) is 0 Å². The number of anilines is 2. The Morgan fingerprint density at radius 1 is 1.18 bits per heavy atom. The highest BCUT2D eigenvalue weighted by Crippen LogP contribution is 2.64. The molecular weight excluding hydrogens is 276 g/mol. The number of nitrogen functional groups attached to an aromatic ring is 1. The Kier molecular flexibility index (Phi) is 2.73. The molecule has 2 rings (SSSR count). The van der Waals surface area contributed by atoms with E-state index in [1.54, 1.807) is 0 Å². The molecule has 3 N–H and O–H groups in total. The van der Waals surface area contributed by atoms with Gasteiger partial charge in [-0.05, 0) is 51.4 Å². The number of benzene rings is 1. The van der Waals surface area contributed by atoms with Crippen LogP contribution in [-0.2, 0) is 0 Å². The lowest BCUT2D eigenvalue weighted by Gasteiger charge is -2.12. The van der Waals surface area contributed by atoms with E-state index in [9.17, 15) is 0 Å². The molecule has 0 bridgehead atoms. The zero-order valence-electron chi connectivity index (χ0n) is 11.2. The maximum Gasteiger partial charge on any atom is 0.0491 e. The summed E-state index contributed by atoms with van der Waals surface area (Å²) >= 11 is 3.57. The predicted molar refractivity (Wildman–Crippen MR) is 78.3 cm³/mol. The molecule has 0 spiro atoms. The van der Waals surface area contributed by atoms with Crippen LogP contribution in [0.5, 0.6) is 0 Å². The third-order valence-electron chi connectivity index (χ3n) is 4.68. The number of halogens is 1. The molecule has 17 heavy (non-hydrogen) atoms. The smallest absolute Gasteiger partial charge is 0.0491 e. The third-order valence-corrected chi connectivity index (χ3v) is 5.33. The number of nitrogens with one attached hydrogen (secondary N) is 1. The van der Waals surface area contributed by atoms with E-state index in [0.717, 1.165) is 21.4 Å². The molecule has 0 amide bonds. The maximum atomic E-state index is 5.88. The first-order valence-electron chi connectivity index (χ1n) is 6.00. The number of hydrogen-bond donors (Lipinski definition) is 2. The van der Waals surface area contributed by atoms with Gasteiger partial charge >= 0.3 is 0 Å². The molecule has 94 valence electrons. The lowest BCUT2D eigenvalue weighted by molar-refractivity contribution is 0.457. The number of aryl methyl sites for hydroxylation is 1. The van der Waals surface area contributed by atoms with Gasteiger partial charge in [0.05, 0.1) is 0 Å². The summed E-state index contributed by atoms with van der Waals surface area (Å²) in [6, 6.07) is 4.60. The van der Waals surface area contributed by atoms with Crippen LogP contribution >= 0.6 is 15.9 Å². The Labute approximate surface area is 112 Å². The van der Waals surface area contributed by atoms with Crippen molar-refractivity contribution in [2.24, 2.45) is 10.8 Å². The quantitative estimate of drug-likeness (QED) is 0.803. The molecule has 1 aromatic carbocycles. The van der Waals surface area contributed by atoms with Gasteiger partial charge in [-0.25, -0.2) is 0 Å². The minimum atomic E-state index is 0.335. The van der Waals surface area contributed by atoms with Crippen LogP contribution < -0.4 is 11.1 Å². The fraction of sp³-hybridized carbons (Fsp3) is 0.571. The van der Waals surface area contributed by atoms with Crippen molar-refractivity contribution in [2.75, 3.05) is 11.1 Å². The summed E-state index contributed by atoms with van der Waals surface area (Å²) in [6.45, 7) is 11.3. The standard InChI is InChI=1S/C14H21BrN2/c1-8-6-11(9(15)7-10(8)16)17-12-13(2,3)14(12,4)5/h6-7,12,17H,16H2,1-5H3. The van der Waals surface area contributed by atoms with Crippen LogP contribution in [0.25, 0.3) is 0 Å². The molecule has 0 radical (unpaired) electrons. The van der Waals surface area contributed by atoms with E-state index in [4.69, 9.17) is 5.73 Å². The van der Waals surface area contributed by atoms with E-state index in [0.29, 0.717) is 16.9 Å². The molecule has 1 aromatic rings. The summed E-state index contributed by atoms with van der Waals surface area (Å²) in [6.07, 6.45) is 0. The lowest BCUT2D eigenvalue weighted by atomic mass is 10.0. The topological polar surface area (TPSA) is 38.0 Å². The Morgan fingerprint density at radius 3 is 2.18 bits per heavy atom. The third kappa shape index (κ3) is 1.85. The molecule has 1 aliphatic rings. The Morgan fingerprint density at radius 2 is 1.71 bits per heavy atom. The molecule has 1 aliphatic carbocycles. The maximum absolute atomic E-state index is 5.88. The van der Waals surface area contributed by atoms with Crippen molar-refractivity contribution in [3.63, 3.8) is 0 Å². The van der Waals surface area contributed by atoms with E-state index in [-0.39, 0.29) is 0 Å². The normalized spacial score (nSPS) is 21.3. The van der Waals surface area contributed by atoms with Crippen molar-refractivity contribution in [3.05, 3.63) is 22.2 Å². The Hall–Kier alpha value is -0.700. The van der Waals surface area contributed by atoms with E-state index < -0.39 is 0 Å². The van der Waals surface area contributed by atoms with Crippen molar-refractivity contribution in [1.29, 1.82) is 0 Å². The van der Waals surface area contributed by atoms with Crippen LogP contribution in [0.1, 0.15) is 33.3 Å². The van der Waals surface area contributed by atoms with E-state index in [1.807, 2.05) is 13.0 Å². The highest BCUT2D eigenvalue weighted by Gasteiger charge is 2.64. The lowest BCUT2D eigenvalue weighted by Crippen LogP contribution is -2.10. The summed E-state index contributed by atoms with van der Waals surface area (Å²) in [5.74, 6) is 0. The Balaban J connectivity index is 2.25. The van der Waals surface area contributed by atoms with Crippen molar-refractivity contribution in [2.45, 2.75) is 40.7 Å². The minimum Gasteiger partial charge on any atom is -0.398 e. The fourth-order valence-corrected chi connectivity index (χ4v) is 3.00. The summed E-state index contributed by atoms with van der Waals surface area (Å²) < 4.78 is 1.04. The first-order chi connectivity index (χ1) is 7.68. The second-order valence-corrected chi connectivity index (χ2v) is 7.06. The number of nitrogens with two attached hydrogens (primary N) is 1. The van der Waals surface area contributed by atoms with Gasteiger partial charge in [-0.3, -0.25) is 0 Å².